The Bertz CT molecular complexity index is 980. The van der Waals surface area contributed by atoms with Crippen molar-refractivity contribution in [2.24, 2.45) is 0 Å². The molecule has 0 aliphatic carbocycles. The van der Waals surface area contributed by atoms with Crippen molar-refractivity contribution in [3.63, 3.8) is 0 Å². The van der Waals surface area contributed by atoms with E-state index in [2.05, 4.69) is 64.9 Å². The van der Waals surface area contributed by atoms with Crippen molar-refractivity contribution < 1.29 is 4.74 Å². The molecular formula is C22H20N2OS. The second kappa shape index (κ2) is 7.58. The highest BCUT2D eigenvalue weighted by atomic mass is 32.1. The third-order valence-electron chi connectivity index (χ3n) is 4.31. The summed E-state index contributed by atoms with van der Waals surface area (Å²) in [4.78, 5) is 2.19. The number of aromatic nitrogens is 1. The first-order chi connectivity index (χ1) is 12.8. The van der Waals surface area contributed by atoms with Gasteiger partial charge in [-0.15, -0.1) is 0 Å². The molecule has 0 atom stereocenters. The molecule has 0 saturated carbocycles. The van der Waals surface area contributed by atoms with Gasteiger partial charge in [0.1, 0.15) is 18.2 Å². The van der Waals surface area contributed by atoms with Crippen LogP contribution in [-0.2, 0) is 13.2 Å². The van der Waals surface area contributed by atoms with Gasteiger partial charge >= 0.3 is 0 Å². The lowest BCUT2D eigenvalue weighted by Crippen LogP contribution is -2.16. The Hall–Kier alpha value is -2.85. The average Bonchev–Trinajstić information content (AvgIpc) is 3.12. The van der Waals surface area contributed by atoms with Crippen LogP contribution in [0.4, 0.5) is 5.82 Å². The SMILES string of the molecule is CN(Cc1ccc(OCc2ccccc2)cc1)c1nsc2ccccc12. The zero-order chi connectivity index (χ0) is 17.8. The van der Waals surface area contributed by atoms with Crippen LogP contribution >= 0.6 is 11.5 Å². The smallest absolute Gasteiger partial charge is 0.150 e. The fraction of sp³-hybridized carbons (Fsp3) is 0.136. The topological polar surface area (TPSA) is 25.4 Å². The fourth-order valence-electron chi connectivity index (χ4n) is 2.93. The van der Waals surface area contributed by atoms with Crippen LogP contribution in [0.5, 0.6) is 5.75 Å². The van der Waals surface area contributed by atoms with Crippen LogP contribution in [0.25, 0.3) is 10.1 Å². The third-order valence-corrected chi connectivity index (χ3v) is 5.13. The van der Waals surface area contributed by atoms with Crippen molar-refractivity contribution in [2.45, 2.75) is 13.2 Å². The molecule has 4 rings (SSSR count). The molecule has 130 valence electrons. The van der Waals surface area contributed by atoms with Crippen LogP contribution < -0.4 is 9.64 Å². The van der Waals surface area contributed by atoms with E-state index >= 15 is 0 Å². The third kappa shape index (κ3) is 3.70. The van der Waals surface area contributed by atoms with Crippen LogP contribution in [0.3, 0.4) is 0 Å². The summed E-state index contributed by atoms with van der Waals surface area (Å²) in [5.74, 6) is 1.93. The molecule has 0 spiro atoms. The van der Waals surface area contributed by atoms with Crippen LogP contribution in [0, 0.1) is 0 Å². The van der Waals surface area contributed by atoms with Crippen LogP contribution in [0.15, 0.2) is 78.9 Å². The minimum atomic E-state index is 0.588. The maximum Gasteiger partial charge on any atom is 0.150 e. The van der Waals surface area contributed by atoms with E-state index in [0.717, 1.165) is 18.1 Å². The zero-order valence-corrected chi connectivity index (χ0v) is 15.4. The van der Waals surface area contributed by atoms with Crippen molar-refractivity contribution in [3.05, 3.63) is 90.0 Å². The Morgan fingerprint density at radius 3 is 2.38 bits per heavy atom. The molecule has 1 aromatic heterocycles. The summed E-state index contributed by atoms with van der Waals surface area (Å²) < 4.78 is 11.7. The molecule has 3 nitrogen and oxygen atoms in total. The lowest BCUT2D eigenvalue weighted by molar-refractivity contribution is 0.306. The van der Waals surface area contributed by atoms with Gasteiger partial charge in [-0.2, -0.15) is 4.37 Å². The van der Waals surface area contributed by atoms with Crippen molar-refractivity contribution in [3.8, 4) is 5.75 Å². The van der Waals surface area contributed by atoms with Crippen molar-refractivity contribution in [1.29, 1.82) is 0 Å². The van der Waals surface area contributed by atoms with Gasteiger partial charge in [0.2, 0.25) is 0 Å². The molecule has 0 unspecified atom stereocenters. The summed E-state index contributed by atoms with van der Waals surface area (Å²) >= 11 is 1.55. The molecule has 0 aliphatic heterocycles. The van der Waals surface area contributed by atoms with Crippen molar-refractivity contribution in [2.75, 3.05) is 11.9 Å². The summed E-state index contributed by atoms with van der Waals surface area (Å²) in [6.45, 7) is 1.40. The van der Waals surface area contributed by atoms with Gasteiger partial charge in [0.05, 0.1) is 4.70 Å². The second-order valence-electron chi connectivity index (χ2n) is 6.28. The molecule has 1 heterocycles. The number of hydrogen-bond acceptors (Lipinski definition) is 4. The molecule has 0 amide bonds. The number of fused-ring (bicyclic) bond motifs is 1. The van der Waals surface area contributed by atoms with E-state index in [1.165, 1.54) is 21.2 Å². The van der Waals surface area contributed by atoms with E-state index < -0.39 is 0 Å². The van der Waals surface area contributed by atoms with Gasteiger partial charge in [0, 0.05) is 19.0 Å². The van der Waals surface area contributed by atoms with Gasteiger partial charge in [-0.3, -0.25) is 0 Å². The highest BCUT2D eigenvalue weighted by molar-refractivity contribution is 7.13. The van der Waals surface area contributed by atoms with E-state index in [1.54, 1.807) is 11.5 Å². The summed E-state index contributed by atoms with van der Waals surface area (Å²) in [6, 6.07) is 26.9. The molecule has 0 fully saturated rings. The minimum absolute atomic E-state index is 0.588. The molecule has 4 heteroatoms. The van der Waals surface area contributed by atoms with Gasteiger partial charge in [0.15, 0.2) is 0 Å². The summed E-state index contributed by atoms with van der Waals surface area (Å²) in [5, 5.41) is 1.21. The molecule has 4 aromatic rings. The number of nitrogens with zero attached hydrogens (tertiary/aromatic N) is 2. The quantitative estimate of drug-likeness (QED) is 0.453. The maximum absolute atomic E-state index is 5.86. The van der Waals surface area contributed by atoms with E-state index in [1.807, 2.05) is 30.3 Å². The molecule has 0 N–H and O–H groups in total. The van der Waals surface area contributed by atoms with Gasteiger partial charge in [-0.25, -0.2) is 0 Å². The standard InChI is InChI=1S/C22H20N2OS/c1-24(22-20-9-5-6-10-21(20)26-23-22)15-17-11-13-19(14-12-17)25-16-18-7-3-2-4-8-18/h2-14H,15-16H2,1H3. The molecule has 0 radical (unpaired) electrons. The van der Waals surface area contributed by atoms with Crippen molar-refractivity contribution in [1.82, 2.24) is 4.37 Å². The lowest BCUT2D eigenvalue weighted by atomic mass is 10.2. The number of hydrogen-bond donors (Lipinski definition) is 0. The largest absolute Gasteiger partial charge is 0.489 e. The molecule has 0 bridgehead atoms. The number of rotatable bonds is 6. The average molecular weight is 360 g/mol. The summed E-state index contributed by atoms with van der Waals surface area (Å²) in [5.41, 5.74) is 2.41. The van der Waals surface area contributed by atoms with E-state index in [9.17, 15) is 0 Å². The van der Waals surface area contributed by atoms with Crippen molar-refractivity contribution >= 4 is 27.4 Å². The molecule has 0 aliphatic rings. The minimum Gasteiger partial charge on any atom is -0.489 e. The Balaban J connectivity index is 1.40. The number of anilines is 1. The highest BCUT2D eigenvalue weighted by Crippen LogP contribution is 2.29. The summed E-state index contributed by atoms with van der Waals surface area (Å²) in [7, 11) is 2.08. The monoisotopic (exact) mass is 360 g/mol. The van der Waals surface area contributed by atoms with E-state index in [0.29, 0.717) is 6.61 Å². The van der Waals surface area contributed by atoms with Crippen LogP contribution in [0.1, 0.15) is 11.1 Å². The number of benzene rings is 3. The Labute approximate surface area is 157 Å². The molecule has 26 heavy (non-hydrogen) atoms. The highest BCUT2D eigenvalue weighted by Gasteiger charge is 2.10. The second-order valence-corrected chi connectivity index (χ2v) is 7.08. The van der Waals surface area contributed by atoms with Gasteiger partial charge in [0.25, 0.3) is 0 Å². The van der Waals surface area contributed by atoms with Crippen LogP contribution in [-0.4, -0.2) is 11.4 Å². The number of ether oxygens (including phenoxy) is 1. The lowest BCUT2D eigenvalue weighted by Gasteiger charge is -2.17. The Kier molecular flexibility index (Phi) is 4.84. The van der Waals surface area contributed by atoms with Crippen LogP contribution in [0.2, 0.25) is 0 Å². The van der Waals surface area contributed by atoms with Gasteiger partial charge in [-0.1, -0.05) is 54.6 Å². The van der Waals surface area contributed by atoms with E-state index in [-0.39, 0.29) is 0 Å². The Morgan fingerprint density at radius 1 is 0.846 bits per heavy atom. The predicted molar refractivity (Wildman–Crippen MR) is 109 cm³/mol. The summed E-state index contributed by atoms with van der Waals surface area (Å²) in [6.07, 6.45) is 0. The fourth-order valence-corrected chi connectivity index (χ4v) is 3.75. The zero-order valence-electron chi connectivity index (χ0n) is 14.6. The maximum atomic E-state index is 5.86. The normalized spacial score (nSPS) is 10.8. The molecule has 0 saturated heterocycles. The molecular weight excluding hydrogens is 340 g/mol. The predicted octanol–water partition coefficient (Wildman–Crippen LogP) is 5.51. The first-order valence-corrected chi connectivity index (χ1v) is 9.38. The molecule has 3 aromatic carbocycles. The first kappa shape index (κ1) is 16.6. The van der Waals surface area contributed by atoms with Gasteiger partial charge < -0.3 is 9.64 Å². The van der Waals surface area contributed by atoms with E-state index in [4.69, 9.17) is 4.74 Å². The first-order valence-electron chi connectivity index (χ1n) is 8.61. The Morgan fingerprint density at radius 2 is 1.58 bits per heavy atom. The van der Waals surface area contributed by atoms with Gasteiger partial charge in [-0.05, 0) is 46.9 Å².